The molecule has 3 rings (SSSR count). The van der Waals surface area contributed by atoms with Crippen molar-refractivity contribution in [2.75, 3.05) is 7.11 Å². The van der Waals surface area contributed by atoms with Crippen LogP contribution >= 0.6 is 33.9 Å². The monoisotopic (exact) mass is 497 g/mol. The number of hydrogen-bond acceptors (Lipinski definition) is 7. The standard InChI is InChI=1S/C17H12IN3O5S/c1-26-13-5-9(4-12(18)16(13)22)8-19-20-17(23)15-7-10-6-11(21(24)25)2-3-14(10)27-15/h2-8,22H,1H3,(H,20,23). The SMILES string of the molecule is COc1cc(C=NNC(=O)c2cc3cc([N+](=O)[O-])ccc3s2)cc(I)c1O. The van der Waals surface area contributed by atoms with Gasteiger partial charge in [0.05, 0.1) is 26.7 Å². The summed E-state index contributed by atoms with van der Waals surface area (Å²) in [6, 6.07) is 9.31. The number of nitrogens with one attached hydrogen (secondary N) is 1. The number of carbonyl (C=O) groups is 1. The van der Waals surface area contributed by atoms with Gasteiger partial charge >= 0.3 is 0 Å². The van der Waals surface area contributed by atoms with Crippen LogP contribution in [0.3, 0.4) is 0 Å². The lowest BCUT2D eigenvalue weighted by atomic mass is 10.2. The molecule has 0 fully saturated rings. The van der Waals surface area contributed by atoms with Gasteiger partial charge in [0.15, 0.2) is 11.5 Å². The number of nitro groups is 1. The van der Waals surface area contributed by atoms with Gasteiger partial charge in [-0.2, -0.15) is 5.10 Å². The second-order valence-corrected chi connectivity index (χ2v) is 7.59. The molecule has 10 heteroatoms. The van der Waals surface area contributed by atoms with E-state index in [1.54, 1.807) is 24.3 Å². The predicted octanol–water partition coefficient (Wildman–Crippen LogP) is 3.89. The van der Waals surface area contributed by atoms with Gasteiger partial charge in [-0.15, -0.1) is 11.3 Å². The summed E-state index contributed by atoms with van der Waals surface area (Å²) in [5.41, 5.74) is 3.03. The minimum absolute atomic E-state index is 0.0267. The van der Waals surface area contributed by atoms with Crippen molar-refractivity contribution in [1.82, 2.24) is 5.43 Å². The average molecular weight is 497 g/mol. The first-order valence-electron chi connectivity index (χ1n) is 7.47. The molecule has 2 N–H and O–H groups in total. The molecule has 0 spiro atoms. The number of ether oxygens (including phenoxy) is 1. The van der Waals surface area contributed by atoms with E-state index in [-0.39, 0.29) is 11.4 Å². The van der Waals surface area contributed by atoms with Crippen molar-refractivity contribution >= 4 is 61.8 Å². The summed E-state index contributed by atoms with van der Waals surface area (Å²) in [4.78, 5) is 23.0. The van der Waals surface area contributed by atoms with Crippen molar-refractivity contribution in [1.29, 1.82) is 0 Å². The predicted molar refractivity (Wildman–Crippen MR) is 111 cm³/mol. The maximum absolute atomic E-state index is 12.3. The number of aromatic hydroxyl groups is 1. The van der Waals surface area contributed by atoms with Gasteiger partial charge in [0.25, 0.3) is 11.6 Å². The van der Waals surface area contributed by atoms with E-state index >= 15 is 0 Å². The molecule has 0 aliphatic carbocycles. The molecule has 0 saturated carbocycles. The summed E-state index contributed by atoms with van der Waals surface area (Å²) in [6.45, 7) is 0. The number of halogens is 1. The number of benzene rings is 2. The normalized spacial score (nSPS) is 11.0. The Balaban J connectivity index is 1.76. The number of amides is 1. The fourth-order valence-electron chi connectivity index (χ4n) is 2.30. The number of phenols is 1. The molecule has 0 aliphatic heterocycles. The topological polar surface area (TPSA) is 114 Å². The fourth-order valence-corrected chi connectivity index (χ4v) is 3.86. The number of nitro benzene ring substituents is 1. The average Bonchev–Trinajstić information content (AvgIpc) is 3.07. The number of thiophene rings is 1. The summed E-state index contributed by atoms with van der Waals surface area (Å²) in [6.07, 6.45) is 1.43. The zero-order valence-corrected chi connectivity index (χ0v) is 16.8. The van der Waals surface area contributed by atoms with Crippen LogP contribution < -0.4 is 10.2 Å². The van der Waals surface area contributed by atoms with Gasteiger partial charge in [0.2, 0.25) is 0 Å². The van der Waals surface area contributed by atoms with Crippen LogP contribution in [-0.4, -0.2) is 29.3 Å². The number of non-ortho nitro benzene ring substituents is 1. The molecule has 8 nitrogen and oxygen atoms in total. The molecule has 27 heavy (non-hydrogen) atoms. The van der Waals surface area contributed by atoms with Crippen LogP contribution in [0.1, 0.15) is 15.2 Å². The Morgan fingerprint density at radius 1 is 1.37 bits per heavy atom. The fraction of sp³-hybridized carbons (Fsp3) is 0.0588. The Morgan fingerprint density at radius 3 is 2.85 bits per heavy atom. The molecule has 1 heterocycles. The maximum Gasteiger partial charge on any atom is 0.281 e. The largest absolute Gasteiger partial charge is 0.504 e. The van der Waals surface area contributed by atoms with Crippen LogP contribution in [0.5, 0.6) is 11.5 Å². The second-order valence-electron chi connectivity index (χ2n) is 5.34. The summed E-state index contributed by atoms with van der Waals surface area (Å²) in [5, 5.41) is 25.2. The van der Waals surface area contributed by atoms with Crippen LogP contribution in [0, 0.1) is 13.7 Å². The van der Waals surface area contributed by atoms with Gasteiger partial charge in [-0.3, -0.25) is 14.9 Å². The molecule has 0 bridgehead atoms. The van der Waals surface area contributed by atoms with Crippen molar-refractivity contribution in [3.63, 3.8) is 0 Å². The van der Waals surface area contributed by atoms with E-state index in [9.17, 15) is 20.0 Å². The van der Waals surface area contributed by atoms with Crippen molar-refractivity contribution in [3.8, 4) is 11.5 Å². The number of fused-ring (bicyclic) bond motifs is 1. The smallest absolute Gasteiger partial charge is 0.281 e. The van der Waals surface area contributed by atoms with E-state index in [0.717, 1.165) is 4.70 Å². The van der Waals surface area contributed by atoms with Crippen molar-refractivity contribution < 1.29 is 19.6 Å². The highest BCUT2D eigenvalue weighted by atomic mass is 127. The minimum Gasteiger partial charge on any atom is -0.504 e. The number of hydrazone groups is 1. The van der Waals surface area contributed by atoms with Crippen LogP contribution in [0.4, 0.5) is 5.69 Å². The number of nitrogens with zero attached hydrogens (tertiary/aromatic N) is 2. The molecular weight excluding hydrogens is 485 g/mol. The Labute approximate surface area is 170 Å². The van der Waals surface area contributed by atoms with E-state index < -0.39 is 10.8 Å². The number of hydrogen-bond donors (Lipinski definition) is 2. The van der Waals surface area contributed by atoms with Crippen molar-refractivity contribution in [2.24, 2.45) is 5.10 Å². The molecule has 1 aromatic heterocycles. The third kappa shape index (κ3) is 4.17. The van der Waals surface area contributed by atoms with Crippen LogP contribution in [0.25, 0.3) is 10.1 Å². The zero-order valence-electron chi connectivity index (χ0n) is 13.8. The Kier molecular flexibility index (Phi) is 5.56. The van der Waals surface area contributed by atoms with E-state index in [1.807, 2.05) is 22.6 Å². The summed E-state index contributed by atoms with van der Waals surface area (Å²) in [5.74, 6) is -0.0741. The Bertz CT molecular complexity index is 1080. The highest BCUT2D eigenvalue weighted by molar-refractivity contribution is 14.1. The van der Waals surface area contributed by atoms with Gasteiger partial charge in [-0.1, -0.05) is 0 Å². The number of phenolic OH excluding ortho intramolecular Hbond substituents is 1. The molecule has 1 amide bonds. The van der Waals surface area contributed by atoms with Gasteiger partial charge < -0.3 is 9.84 Å². The lowest BCUT2D eigenvalue weighted by molar-refractivity contribution is -0.384. The summed E-state index contributed by atoms with van der Waals surface area (Å²) >= 11 is 3.18. The second kappa shape index (κ2) is 7.88. The quantitative estimate of drug-likeness (QED) is 0.240. The molecule has 0 aliphatic rings. The third-order valence-corrected chi connectivity index (χ3v) is 5.52. The highest BCUT2D eigenvalue weighted by Gasteiger charge is 2.13. The Hall–Kier alpha value is -2.73. The maximum atomic E-state index is 12.3. The van der Waals surface area contributed by atoms with E-state index in [0.29, 0.717) is 25.1 Å². The minimum atomic E-state index is -0.478. The zero-order chi connectivity index (χ0) is 19.6. The molecule has 0 unspecified atom stereocenters. The third-order valence-electron chi connectivity index (χ3n) is 3.58. The first-order chi connectivity index (χ1) is 12.9. The van der Waals surface area contributed by atoms with Crippen LogP contribution in [0.2, 0.25) is 0 Å². The molecule has 0 radical (unpaired) electrons. The molecule has 138 valence electrons. The highest BCUT2D eigenvalue weighted by Crippen LogP contribution is 2.32. The lowest BCUT2D eigenvalue weighted by Crippen LogP contribution is -2.16. The molecular formula is C17H12IN3O5S. The van der Waals surface area contributed by atoms with Crippen molar-refractivity contribution in [2.45, 2.75) is 0 Å². The molecule has 0 atom stereocenters. The van der Waals surface area contributed by atoms with E-state index in [2.05, 4.69) is 10.5 Å². The number of methoxy groups -OCH3 is 1. The van der Waals surface area contributed by atoms with Gasteiger partial charge in [0.1, 0.15) is 0 Å². The van der Waals surface area contributed by atoms with Gasteiger partial charge in [0, 0.05) is 22.2 Å². The van der Waals surface area contributed by atoms with Crippen LogP contribution in [0.15, 0.2) is 41.5 Å². The number of rotatable bonds is 5. The van der Waals surface area contributed by atoms with E-state index in [4.69, 9.17) is 4.74 Å². The first-order valence-corrected chi connectivity index (χ1v) is 9.36. The van der Waals surface area contributed by atoms with E-state index in [1.165, 1.54) is 36.8 Å². The summed E-state index contributed by atoms with van der Waals surface area (Å²) < 4.78 is 6.43. The van der Waals surface area contributed by atoms with Gasteiger partial charge in [-0.25, -0.2) is 5.43 Å². The molecule has 2 aromatic carbocycles. The number of carbonyl (C=O) groups excluding carboxylic acids is 1. The molecule has 3 aromatic rings. The van der Waals surface area contributed by atoms with Gasteiger partial charge in [-0.05, 0) is 52.4 Å². The Morgan fingerprint density at radius 2 is 2.15 bits per heavy atom. The summed E-state index contributed by atoms with van der Waals surface area (Å²) in [7, 11) is 1.44. The first kappa shape index (κ1) is 19.0. The lowest BCUT2D eigenvalue weighted by Gasteiger charge is -2.06. The van der Waals surface area contributed by atoms with Crippen molar-refractivity contribution in [3.05, 3.63) is 60.5 Å². The molecule has 0 saturated heterocycles. The van der Waals surface area contributed by atoms with Crippen LogP contribution in [-0.2, 0) is 0 Å².